The predicted molar refractivity (Wildman–Crippen MR) is 155 cm³/mol. The Morgan fingerprint density at radius 1 is 0.400 bits per heavy atom. The highest BCUT2D eigenvalue weighted by molar-refractivity contribution is 7.79. The van der Waals surface area contributed by atoms with Crippen LogP contribution in [0.15, 0.2) is 0 Å². The molecule has 6 nitrogen and oxygen atoms in total. The molecule has 0 unspecified atom stereocenters. The molecule has 0 saturated heterocycles. The van der Waals surface area contributed by atoms with Crippen LogP contribution in [0.4, 0.5) is 0 Å². The smallest absolute Gasteiger partial charge is 0.317 e. The summed E-state index contributed by atoms with van der Waals surface area (Å²) in [5, 5.41) is 7.00. The molecule has 0 aliphatic rings. The molecule has 0 aliphatic heterocycles. The molecular weight excluding hydrogens is 460 g/mol. The van der Waals surface area contributed by atoms with E-state index in [2.05, 4.69) is 38.3 Å². The molecule has 4 N–H and O–H groups in total. The summed E-state index contributed by atoms with van der Waals surface area (Å²) in [6.45, 7) is 13.9. The summed E-state index contributed by atoms with van der Waals surface area (Å²) >= 11 is 0. The normalized spacial score (nSPS) is 10.9. The van der Waals surface area contributed by atoms with Gasteiger partial charge in [0.05, 0.1) is 0 Å². The van der Waals surface area contributed by atoms with Gasteiger partial charge in [-0.05, 0) is 51.9 Å². The zero-order valence-electron chi connectivity index (χ0n) is 24.1. The molecule has 0 saturated carbocycles. The lowest BCUT2D eigenvalue weighted by atomic mass is 10.1. The van der Waals surface area contributed by atoms with Crippen LogP contribution in [-0.4, -0.2) is 43.7 Å². The van der Waals surface area contributed by atoms with Crippen LogP contribution in [0, 0.1) is 0 Å². The molecular formula is C28H64N2O4S. The van der Waals surface area contributed by atoms with E-state index in [1.165, 1.54) is 155 Å². The van der Waals surface area contributed by atoms with Crippen LogP contribution in [-0.2, 0) is 10.4 Å². The zero-order chi connectivity index (χ0) is 26.9. The third-order valence-electron chi connectivity index (χ3n) is 5.83. The van der Waals surface area contributed by atoms with E-state index < -0.39 is 10.4 Å². The fraction of sp³-hybridized carbons (Fsp3) is 1.00. The third-order valence-corrected chi connectivity index (χ3v) is 5.83. The maximum absolute atomic E-state index is 8.74. The predicted octanol–water partition coefficient (Wildman–Crippen LogP) is 8.38. The molecule has 0 aromatic carbocycles. The van der Waals surface area contributed by atoms with Crippen LogP contribution in [0.3, 0.4) is 0 Å². The monoisotopic (exact) mass is 524 g/mol. The highest BCUT2D eigenvalue weighted by Crippen LogP contribution is 2.08. The van der Waals surface area contributed by atoms with E-state index in [4.69, 9.17) is 17.5 Å². The van der Waals surface area contributed by atoms with Crippen molar-refractivity contribution in [3.05, 3.63) is 0 Å². The second kappa shape index (κ2) is 35.9. The Balaban J connectivity index is -0.000000491. The molecule has 0 bridgehead atoms. The van der Waals surface area contributed by atoms with E-state index >= 15 is 0 Å². The van der Waals surface area contributed by atoms with Crippen molar-refractivity contribution in [1.82, 2.24) is 10.6 Å². The van der Waals surface area contributed by atoms with Gasteiger partial charge in [0.15, 0.2) is 0 Å². The van der Waals surface area contributed by atoms with Gasteiger partial charge in [-0.1, -0.05) is 130 Å². The summed E-state index contributed by atoms with van der Waals surface area (Å²) in [7, 11) is -4.67. The van der Waals surface area contributed by atoms with Crippen molar-refractivity contribution in [2.45, 2.75) is 156 Å². The Labute approximate surface area is 220 Å². The number of rotatable bonds is 24. The largest absolute Gasteiger partial charge is 0.394 e. The third kappa shape index (κ3) is 60.3. The quantitative estimate of drug-likeness (QED) is 0.0747. The first-order valence-corrected chi connectivity index (χ1v) is 16.3. The van der Waals surface area contributed by atoms with Gasteiger partial charge in [-0.15, -0.1) is 0 Å². The molecule has 0 heterocycles. The van der Waals surface area contributed by atoms with Crippen molar-refractivity contribution < 1.29 is 17.5 Å². The maximum atomic E-state index is 8.74. The minimum Gasteiger partial charge on any atom is -0.317 e. The van der Waals surface area contributed by atoms with E-state index in [1.807, 2.05) is 0 Å². The molecule has 0 aromatic heterocycles. The summed E-state index contributed by atoms with van der Waals surface area (Å²) in [6, 6.07) is 0. The van der Waals surface area contributed by atoms with Gasteiger partial charge in [-0.3, -0.25) is 9.11 Å². The van der Waals surface area contributed by atoms with Gasteiger partial charge in [0.25, 0.3) is 0 Å². The molecule has 0 radical (unpaired) electrons. The summed E-state index contributed by atoms with van der Waals surface area (Å²) in [6.07, 6.45) is 28.1. The van der Waals surface area contributed by atoms with Crippen molar-refractivity contribution >= 4 is 10.4 Å². The first kappa shape index (κ1) is 39.3. The molecule has 0 atom stereocenters. The van der Waals surface area contributed by atoms with E-state index in [-0.39, 0.29) is 0 Å². The average Bonchev–Trinajstić information content (AvgIpc) is 2.80. The molecule has 0 amide bonds. The Bertz CT molecular complexity index is 390. The highest BCUT2D eigenvalue weighted by atomic mass is 32.3. The molecule has 0 rings (SSSR count). The van der Waals surface area contributed by atoms with Crippen molar-refractivity contribution in [1.29, 1.82) is 0 Å². The lowest BCUT2D eigenvalue weighted by Gasteiger charge is -2.03. The van der Waals surface area contributed by atoms with E-state index in [0.717, 1.165) is 0 Å². The first-order valence-electron chi connectivity index (χ1n) is 14.9. The van der Waals surface area contributed by atoms with Crippen LogP contribution in [0.1, 0.15) is 156 Å². The maximum Gasteiger partial charge on any atom is 0.394 e. The van der Waals surface area contributed by atoms with E-state index in [0.29, 0.717) is 0 Å². The van der Waals surface area contributed by atoms with Crippen LogP contribution < -0.4 is 10.6 Å². The summed E-state index contributed by atoms with van der Waals surface area (Å²) < 4.78 is 31.6. The number of unbranched alkanes of at least 4 members (excludes halogenated alkanes) is 16. The van der Waals surface area contributed by atoms with Crippen LogP contribution in [0.25, 0.3) is 0 Å². The molecule has 0 spiro atoms. The first-order chi connectivity index (χ1) is 16.8. The van der Waals surface area contributed by atoms with Gasteiger partial charge < -0.3 is 10.6 Å². The lowest BCUT2D eigenvalue weighted by Crippen LogP contribution is -2.16. The van der Waals surface area contributed by atoms with Crippen molar-refractivity contribution in [2.75, 3.05) is 26.2 Å². The van der Waals surface area contributed by atoms with Gasteiger partial charge in [-0.2, -0.15) is 8.42 Å². The number of hydrogen-bond acceptors (Lipinski definition) is 4. The van der Waals surface area contributed by atoms with Crippen LogP contribution in [0.2, 0.25) is 0 Å². The van der Waals surface area contributed by atoms with Crippen molar-refractivity contribution in [3.63, 3.8) is 0 Å². The Kier molecular flexibility index (Phi) is 40.4. The molecule has 216 valence electrons. The lowest BCUT2D eigenvalue weighted by molar-refractivity contribution is 0.381. The standard InChI is InChI=1S/2C14H31N.H2O4S/c2*1-3-5-7-8-9-10-11-12-14-15-13-6-4-2;1-5(2,3)4/h2*15H,3-14H2,1-2H3;(H2,1,2,3,4). The SMILES string of the molecule is CCCCCCCCCCNCCCC.CCCCCCCCCCNCCCC.O=S(=O)(O)O. The topological polar surface area (TPSA) is 98.7 Å². The summed E-state index contributed by atoms with van der Waals surface area (Å²) in [4.78, 5) is 0. The number of nitrogens with one attached hydrogen (secondary N) is 2. The van der Waals surface area contributed by atoms with E-state index in [1.54, 1.807) is 0 Å². The van der Waals surface area contributed by atoms with Gasteiger partial charge in [0.2, 0.25) is 0 Å². The Morgan fingerprint density at radius 2 is 0.600 bits per heavy atom. The molecule has 0 aliphatic carbocycles. The fourth-order valence-corrected chi connectivity index (χ4v) is 3.62. The summed E-state index contributed by atoms with van der Waals surface area (Å²) in [5.74, 6) is 0. The zero-order valence-corrected chi connectivity index (χ0v) is 24.9. The van der Waals surface area contributed by atoms with Crippen molar-refractivity contribution in [3.8, 4) is 0 Å². The molecule has 7 heteroatoms. The van der Waals surface area contributed by atoms with Gasteiger partial charge in [0.1, 0.15) is 0 Å². The molecule has 0 fully saturated rings. The molecule has 35 heavy (non-hydrogen) atoms. The van der Waals surface area contributed by atoms with Crippen LogP contribution >= 0.6 is 0 Å². The van der Waals surface area contributed by atoms with Crippen LogP contribution in [0.5, 0.6) is 0 Å². The van der Waals surface area contributed by atoms with Gasteiger partial charge in [-0.25, -0.2) is 0 Å². The van der Waals surface area contributed by atoms with Gasteiger partial charge in [0, 0.05) is 0 Å². The molecule has 0 aromatic rings. The summed E-state index contributed by atoms with van der Waals surface area (Å²) in [5.41, 5.74) is 0. The minimum absolute atomic E-state index is 1.22. The average molecular weight is 525 g/mol. The fourth-order valence-electron chi connectivity index (χ4n) is 3.62. The van der Waals surface area contributed by atoms with E-state index in [9.17, 15) is 0 Å². The van der Waals surface area contributed by atoms with Crippen molar-refractivity contribution in [2.24, 2.45) is 0 Å². The number of hydrogen-bond donors (Lipinski definition) is 4. The Morgan fingerprint density at radius 3 is 0.857 bits per heavy atom. The second-order valence-electron chi connectivity index (χ2n) is 9.60. The van der Waals surface area contributed by atoms with Gasteiger partial charge >= 0.3 is 10.4 Å². The minimum atomic E-state index is -4.67. The highest BCUT2D eigenvalue weighted by Gasteiger charge is 1.92. The second-order valence-corrected chi connectivity index (χ2v) is 10.5. The Hall–Kier alpha value is -0.210.